The molecule has 10 heteroatoms. The van der Waals surface area contributed by atoms with Crippen molar-refractivity contribution in [2.24, 2.45) is 10.7 Å². The maximum Gasteiger partial charge on any atom is 0.132 e. The summed E-state index contributed by atoms with van der Waals surface area (Å²) in [5, 5.41) is 19.1. The number of aliphatic hydroxyl groups is 1. The van der Waals surface area contributed by atoms with Crippen molar-refractivity contribution in [3.8, 4) is 22.4 Å². The van der Waals surface area contributed by atoms with Gasteiger partial charge in [0.05, 0.1) is 18.4 Å². The first-order chi connectivity index (χ1) is 18.9. The molecule has 198 valence electrons. The molecule has 0 saturated heterocycles. The SMILES string of the molecule is NC=NCC(O)(CNCc1ccc2c(-c3ccncc3)c(-c3ccc(F)cc3)nn2c1)c1ccc(F)cc1F. The van der Waals surface area contributed by atoms with Gasteiger partial charge in [-0.2, -0.15) is 5.10 Å². The number of pyridine rings is 2. The highest BCUT2D eigenvalue weighted by Crippen LogP contribution is 2.35. The van der Waals surface area contributed by atoms with E-state index < -0.39 is 17.2 Å². The average Bonchev–Trinajstić information content (AvgIpc) is 3.31. The summed E-state index contributed by atoms with van der Waals surface area (Å²) in [6, 6.07) is 16.8. The zero-order valence-electron chi connectivity index (χ0n) is 20.7. The highest BCUT2D eigenvalue weighted by atomic mass is 19.1. The minimum atomic E-state index is -1.76. The lowest BCUT2D eigenvalue weighted by Gasteiger charge is -2.28. The second-order valence-electron chi connectivity index (χ2n) is 9.08. The number of aromatic nitrogens is 3. The first-order valence-electron chi connectivity index (χ1n) is 12.1. The monoisotopic (exact) mass is 530 g/mol. The van der Waals surface area contributed by atoms with Crippen LogP contribution in [0.4, 0.5) is 13.2 Å². The van der Waals surface area contributed by atoms with Crippen molar-refractivity contribution in [2.75, 3.05) is 13.1 Å². The summed E-state index contributed by atoms with van der Waals surface area (Å²) in [4.78, 5) is 7.99. The molecule has 5 rings (SSSR count). The second kappa shape index (κ2) is 11.1. The first-order valence-corrected chi connectivity index (χ1v) is 12.1. The Balaban J connectivity index is 1.44. The van der Waals surface area contributed by atoms with Crippen LogP contribution in [0.3, 0.4) is 0 Å². The van der Waals surface area contributed by atoms with Crippen LogP contribution in [0.2, 0.25) is 0 Å². The average molecular weight is 531 g/mol. The summed E-state index contributed by atoms with van der Waals surface area (Å²) < 4.78 is 43.3. The normalized spacial score (nSPS) is 13.2. The van der Waals surface area contributed by atoms with Crippen LogP contribution in [-0.2, 0) is 12.1 Å². The third kappa shape index (κ3) is 5.52. The first kappa shape index (κ1) is 26.1. The van der Waals surface area contributed by atoms with E-state index in [0.717, 1.165) is 46.2 Å². The number of nitrogens with two attached hydrogens (primary N) is 1. The lowest BCUT2D eigenvalue weighted by atomic mass is 9.93. The summed E-state index contributed by atoms with van der Waals surface area (Å²) in [6.45, 7) is 0.0183. The van der Waals surface area contributed by atoms with Crippen LogP contribution >= 0.6 is 0 Å². The van der Waals surface area contributed by atoms with Gasteiger partial charge in [0.1, 0.15) is 28.7 Å². The number of aliphatic imine (C=N–C) groups is 1. The number of fused-ring (bicyclic) bond motifs is 1. The van der Waals surface area contributed by atoms with Crippen molar-refractivity contribution in [1.82, 2.24) is 19.9 Å². The minimum absolute atomic E-state index is 0.0763. The molecule has 0 radical (unpaired) electrons. The fourth-order valence-corrected chi connectivity index (χ4v) is 4.53. The Hall–Kier alpha value is -4.54. The van der Waals surface area contributed by atoms with E-state index in [2.05, 4.69) is 15.3 Å². The number of benzene rings is 2. The molecule has 7 nitrogen and oxygen atoms in total. The topological polar surface area (TPSA) is 101 Å². The Morgan fingerprint density at radius 1 is 0.949 bits per heavy atom. The summed E-state index contributed by atoms with van der Waals surface area (Å²) in [5.74, 6) is -1.95. The van der Waals surface area contributed by atoms with Crippen molar-refractivity contribution in [1.29, 1.82) is 0 Å². The molecule has 0 aliphatic heterocycles. The van der Waals surface area contributed by atoms with Gasteiger partial charge < -0.3 is 16.2 Å². The van der Waals surface area contributed by atoms with E-state index in [4.69, 9.17) is 10.8 Å². The molecular weight excluding hydrogens is 505 g/mol. The molecule has 39 heavy (non-hydrogen) atoms. The molecule has 0 saturated carbocycles. The molecule has 5 aromatic rings. The Labute approximate surface area is 222 Å². The van der Waals surface area contributed by atoms with Gasteiger partial charge in [0.15, 0.2) is 0 Å². The molecule has 1 unspecified atom stereocenters. The van der Waals surface area contributed by atoms with Gasteiger partial charge in [-0.1, -0.05) is 12.1 Å². The molecular formula is C29H25F3N6O. The van der Waals surface area contributed by atoms with Gasteiger partial charge in [-0.05, 0) is 59.7 Å². The van der Waals surface area contributed by atoms with E-state index in [-0.39, 0.29) is 24.5 Å². The van der Waals surface area contributed by atoms with Crippen LogP contribution in [-0.4, -0.2) is 39.1 Å². The summed E-state index contributed by atoms with van der Waals surface area (Å²) in [5.41, 5.74) is 8.42. The van der Waals surface area contributed by atoms with Crippen molar-refractivity contribution in [3.63, 3.8) is 0 Å². The lowest BCUT2D eigenvalue weighted by molar-refractivity contribution is 0.0425. The molecule has 0 fully saturated rings. The predicted octanol–water partition coefficient (Wildman–Crippen LogP) is 4.45. The van der Waals surface area contributed by atoms with Gasteiger partial charge in [0.2, 0.25) is 0 Å². The highest BCUT2D eigenvalue weighted by Gasteiger charge is 2.32. The lowest BCUT2D eigenvalue weighted by Crippen LogP contribution is -2.41. The van der Waals surface area contributed by atoms with Crippen LogP contribution < -0.4 is 11.1 Å². The number of rotatable bonds is 9. The summed E-state index contributed by atoms with van der Waals surface area (Å²) in [7, 11) is 0. The predicted molar refractivity (Wildman–Crippen MR) is 143 cm³/mol. The van der Waals surface area contributed by atoms with Crippen molar-refractivity contribution < 1.29 is 18.3 Å². The van der Waals surface area contributed by atoms with Crippen molar-refractivity contribution in [3.05, 3.63) is 114 Å². The van der Waals surface area contributed by atoms with Crippen LogP contribution in [0.25, 0.3) is 27.9 Å². The number of nitrogens with zero attached hydrogens (tertiary/aromatic N) is 4. The Morgan fingerprint density at radius 3 is 2.41 bits per heavy atom. The van der Waals surface area contributed by atoms with Crippen LogP contribution in [0.5, 0.6) is 0 Å². The molecule has 0 aliphatic rings. The van der Waals surface area contributed by atoms with Gasteiger partial charge in [-0.15, -0.1) is 0 Å². The third-order valence-corrected chi connectivity index (χ3v) is 6.41. The highest BCUT2D eigenvalue weighted by molar-refractivity contribution is 5.92. The molecule has 4 N–H and O–H groups in total. The fourth-order valence-electron chi connectivity index (χ4n) is 4.53. The van der Waals surface area contributed by atoms with E-state index >= 15 is 0 Å². The van der Waals surface area contributed by atoms with Crippen LogP contribution in [0, 0.1) is 17.5 Å². The molecule has 3 aromatic heterocycles. The number of nitrogens with one attached hydrogen (secondary N) is 1. The van der Waals surface area contributed by atoms with Gasteiger partial charge in [-0.25, -0.2) is 17.7 Å². The van der Waals surface area contributed by atoms with E-state index in [1.807, 2.05) is 30.5 Å². The summed E-state index contributed by atoms with van der Waals surface area (Å²) in [6.07, 6.45) is 6.27. The molecule has 2 aromatic carbocycles. The quantitative estimate of drug-likeness (QED) is 0.193. The molecule has 0 spiro atoms. The van der Waals surface area contributed by atoms with Gasteiger partial charge in [0, 0.05) is 54.4 Å². The maximum atomic E-state index is 14.5. The van der Waals surface area contributed by atoms with E-state index in [0.29, 0.717) is 12.2 Å². The Morgan fingerprint density at radius 2 is 1.69 bits per heavy atom. The maximum absolute atomic E-state index is 14.5. The van der Waals surface area contributed by atoms with E-state index in [1.165, 1.54) is 18.2 Å². The van der Waals surface area contributed by atoms with Crippen LogP contribution in [0.1, 0.15) is 11.1 Å². The van der Waals surface area contributed by atoms with Crippen molar-refractivity contribution in [2.45, 2.75) is 12.1 Å². The molecule has 1 atom stereocenters. The largest absolute Gasteiger partial charge is 0.390 e. The number of hydrogen-bond acceptors (Lipinski definition) is 5. The Kier molecular flexibility index (Phi) is 7.40. The second-order valence-corrected chi connectivity index (χ2v) is 9.08. The molecule has 0 amide bonds. The minimum Gasteiger partial charge on any atom is -0.390 e. The van der Waals surface area contributed by atoms with Gasteiger partial charge in [0.25, 0.3) is 0 Å². The molecule has 3 heterocycles. The smallest absolute Gasteiger partial charge is 0.132 e. The van der Waals surface area contributed by atoms with Crippen molar-refractivity contribution >= 4 is 11.9 Å². The summed E-state index contributed by atoms with van der Waals surface area (Å²) >= 11 is 0. The van der Waals surface area contributed by atoms with Crippen LogP contribution in [0.15, 0.2) is 90.3 Å². The number of hydrogen-bond donors (Lipinski definition) is 3. The zero-order valence-corrected chi connectivity index (χ0v) is 20.7. The van der Waals surface area contributed by atoms with Gasteiger partial charge >= 0.3 is 0 Å². The molecule has 0 aliphatic carbocycles. The zero-order chi connectivity index (χ0) is 27.4. The molecule has 0 bridgehead atoms. The Bertz CT molecular complexity index is 1620. The van der Waals surface area contributed by atoms with Gasteiger partial charge in [-0.3, -0.25) is 9.98 Å². The standard InChI is InChI=1S/C29H25F3N6O/c30-22-4-2-21(3-5-22)28-27(20-9-11-34-12-10-20)26-8-1-19(15-38(26)37-28)14-35-16-29(39,17-36-18-33)24-7-6-23(31)13-25(24)32/h1-13,15,18,35,39H,14,16-17H2,(H2,33,36). The number of halogens is 3. The third-order valence-electron chi connectivity index (χ3n) is 6.41. The fraction of sp³-hybridized carbons (Fsp3) is 0.138. The van der Waals surface area contributed by atoms with E-state index in [1.54, 1.807) is 29.0 Å². The van der Waals surface area contributed by atoms with E-state index in [9.17, 15) is 18.3 Å².